The molecule has 2 N–H and O–H groups in total. The van der Waals surface area contributed by atoms with Crippen molar-refractivity contribution in [2.45, 2.75) is 13.5 Å². The van der Waals surface area contributed by atoms with Crippen molar-refractivity contribution >= 4 is 34.6 Å². The van der Waals surface area contributed by atoms with Crippen molar-refractivity contribution in [2.24, 2.45) is 0 Å². The third-order valence-electron chi connectivity index (χ3n) is 1.74. The Morgan fingerprint density at radius 2 is 2.24 bits per heavy atom. The molecule has 17 heavy (non-hydrogen) atoms. The topological polar surface area (TPSA) is 33.3 Å². The summed E-state index contributed by atoms with van der Waals surface area (Å²) in [6.45, 7) is -0.304. The number of hydrogen-bond donors (Lipinski definition) is 2. The van der Waals surface area contributed by atoms with Crippen molar-refractivity contribution in [3.63, 3.8) is 0 Å². The van der Waals surface area contributed by atoms with Crippen LogP contribution in [-0.2, 0) is 0 Å². The second-order valence-corrected chi connectivity index (χ2v) is 3.82. The average molecular weight is 281 g/mol. The molecule has 7 heteroatoms. The summed E-state index contributed by atoms with van der Waals surface area (Å²) in [6.07, 6.45) is 0. The largest absolute Gasteiger partial charge is 0.433 e. The molecule has 0 atom stereocenters. The molecule has 0 amide bonds. The second kappa shape index (κ2) is 6.56. The van der Waals surface area contributed by atoms with Gasteiger partial charge >= 0.3 is 6.61 Å². The van der Waals surface area contributed by atoms with E-state index in [1.54, 1.807) is 6.07 Å². The van der Waals surface area contributed by atoms with Gasteiger partial charge in [0.2, 0.25) is 0 Å². The normalized spacial score (nSPS) is 10.2. The van der Waals surface area contributed by atoms with Crippen LogP contribution in [0.4, 0.5) is 14.5 Å². The molecular weight excluding hydrogens is 270 g/mol. The highest BCUT2D eigenvalue weighted by Gasteiger charge is 2.09. The molecule has 0 saturated carbocycles. The number of benzene rings is 1. The molecule has 0 heterocycles. The number of thiocarbonyl (C=S) groups is 1. The van der Waals surface area contributed by atoms with Gasteiger partial charge in [0, 0.05) is 12.2 Å². The molecule has 0 unspecified atom stereocenters. The summed E-state index contributed by atoms with van der Waals surface area (Å²) in [4.78, 5) is 0. The van der Waals surface area contributed by atoms with Gasteiger partial charge in [0.15, 0.2) is 5.11 Å². The van der Waals surface area contributed by atoms with Crippen LogP contribution in [0.2, 0.25) is 5.02 Å². The maximum atomic E-state index is 12.0. The standard InChI is InChI=1S/C10H11ClF2N2OS/c1-2-14-10(17)15-6-3-4-8(7(11)5-6)16-9(12)13/h3-5,9H,2H2,1H3,(H2,14,15,17). The van der Waals surface area contributed by atoms with Gasteiger partial charge in [-0.3, -0.25) is 0 Å². The highest BCUT2D eigenvalue weighted by molar-refractivity contribution is 7.80. The van der Waals surface area contributed by atoms with Gasteiger partial charge in [0.25, 0.3) is 0 Å². The lowest BCUT2D eigenvalue weighted by Gasteiger charge is -2.11. The minimum absolute atomic E-state index is 0.0680. The fourth-order valence-corrected chi connectivity index (χ4v) is 1.59. The van der Waals surface area contributed by atoms with Gasteiger partial charge in [-0.25, -0.2) is 0 Å². The summed E-state index contributed by atoms with van der Waals surface area (Å²) >= 11 is 10.7. The smallest absolute Gasteiger partial charge is 0.387 e. The molecule has 0 aliphatic rings. The van der Waals surface area contributed by atoms with Crippen molar-refractivity contribution in [2.75, 3.05) is 11.9 Å². The van der Waals surface area contributed by atoms with Gasteiger partial charge in [0.05, 0.1) is 5.02 Å². The molecule has 94 valence electrons. The Morgan fingerprint density at radius 1 is 1.53 bits per heavy atom. The van der Waals surface area contributed by atoms with Crippen molar-refractivity contribution in [1.29, 1.82) is 0 Å². The summed E-state index contributed by atoms with van der Waals surface area (Å²) in [5.41, 5.74) is 0.600. The first-order valence-electron chi connectivity index (χ1n) is 4.82. The first-order valence-corrected chi connectivity index (χ1v) is 5.60. The summed E-state index contributed by atoms with van der Waals surface area (Å²) in [7, 11) is 0. The van der Waals surface area contributed by atoms with E-state index in [1.165, 1.54) is 12.1 Å². The molecule has 0 aromatic heterocycles. The van der Waals surface area contributed by atoms with Crippen LogP contribution in [0, 0.1) is 0 Å². The van der Waals surface area contributed by atoms with Gasteiger partial charge in [-0.05, 0) is 37.3 Å². The maximum absolute atomic E-state index is 12.0. The van der Waals surface area contributed by atoms with E-state index in [-0.39, 0.29) is 10.8 Å². The number of ether oxygens (including phenoxy) is 1. The molecule has 1 aromatic rings. The van der Waals surface area contributed by atoms with E-state index in [2.05, 4.69) is 15.4 Å². The summed E-state index contributed by atoms with van der Waals surface area (Å²) in [6, 6.07) is 4.36. The molecule has 0 bridgehead atoms. The Bertz CT molecular complexity index is 404. The molecular formula is C10H11ClF2N2OS. The minimum Gasteiger partial charge on any atom is -0.433 e. The van der Waals surface area contributed by atoms with Gasteiger partial charge in [-0.15, -0.1) is 0 Å². The number of rotatable bonds is 4. The molecule has 0 aliphatic heterocycles. The van der Waals surface area contributed by atoms with Crippen LogP contribution in [0.15, 0.2) is 18.2 Å². The molecule has 0 saturated heterocycles. The second-order valence-electron chi connectivity index (χ2n) is 3.01. The molecule has 0 aliphatic carbocycles. The van der Waals surface area contributed by atoms with Crippen LogP contribution < -0.4 is 15.4 Å². The maximum Gasteiger partial charge on any atom is 0.387 e. The van der Waals surface area contributed by atoms with E-state index < -0.39 is 6.61 Å². The molecule has 0 radical (unpaired) electrons. The van der Waals surface area contributed by atoms with Crippen molar-refractivity contribution in [3.05, 3.63) is 23.2 Å². The third-order valence-corrected chi connectivity index (χ3v) is 2.28. The lowest BCUT2D eigenvalue weighted by molar-refractivity contribution is -0.0497. The lowest BCUT2D eigenvalue weighted by atomic mass is 10.3. The summed E-state index contributed by atoms with van der Waals surface area (Å²) < 4.78 is 28.2. The van der Waals surface area contributed by atoms with Crippen molar-refractivity contribution in [1.82, 2.24) is 5.32 Å². The van der Waals surface area contributed by atoms with Gasteiger partial charge in [-0.1, -0.05) is 11.6 Å². The van der Waals surface area contributed by atoms with Crippen LogP contribution in [0.3, 0.4) is 0 Å². The van der Waals surface area contributed by atoms with E-state index in [0.29, 0.717) is 17.3 Å². The molecule has 0 spiro atoms. The predicted octanol–water partition coefficient (Wildman–Crippen LogP) is 3.25. The molecule has 0 fully saturated rings. The quantitative estimate of drug-likeness (QED) is 0.830. The Labute approximate surface area is 108 Å². The van der Waals surface area contributed by atoms with Gasteiger partial charge < -0.3 is 15.4 Å². The zero-order chi connectivity index (χ0) is 12.8. The summed E-state index contributed by atoms with van der Waals surface area (Å²) in [5, 5.41) is 6.27. The minimum atomic E-state index is -2.89. The third kappa shape index (κ3) is 4.70. The first kappa shape index (κ1) is 13.9. The Hall–Kier alpha value is -1.14. The number of anilines is 1. The van der Waals surface area contributed by atoms with Gasteiger partial charge in [-0.2, -0.15) is 8.78 Å². The Balaban J connectivity index is 2.71. The van der Waals surface area contributed by atoms with Crippen LogP contribution in [0.5, 0.6) is 5.75 Å². The van der Waals surface area contributed by atoms with Crippen molar-refractivity contribution < 1.29 is 13.5 Å². The lowest BCUT2D eigenvalue weighted by Crippen LogP contribution is -2.27. The number of nitrogens with one attached hydrogen (secondary N) is 2. The highest BCUT2D eigenvalue weighted by atomic mass is 35.5. The number of alkyl halides is 2. The van der Waals surface area contributed by atoms with Crippen LogP contribution >= 0.6 is 23.8 Å². The zero-order valence-corrected chi connectivity index (χ0v) is 10.5. The average Bonchev–Trinajstić information content (AvgIpc) is 2.22. The Kier molecular flexibility index (Phi) is 5.37. The fourth-order valence-electron chi connectivity index (χ4n) is 1.11. The zero-order valence-electron chi connectivity index (χ0n) is 8.97. The molecule has 3 nitrogen and oxygen atoms in total. The monoisotopic (exact) mass is 280 g/mol. The van der Waals surface area contributed by atoms with Crippen molar-refractivity contribution in [3.8, 4) is 5.75 Å². The van der Waals surface area contributed by atoms with E-state index in [4.69, 9.17) is 23.8 Å². The number of hydrogen-bond acceptors (Lipinski definition) is 2. The van der Waals surface area contributed by atoms with Gasteiger partial charge in [0.1, 0.15) is 5.75 Å². The molecule has 1 aromatic carbocycles. The Morgan fingerprint density at radius 3 is 2.76 bits per heavy atom. The van der Waals surface area contributed by atoms with Crippen LogP contribution in [0.1, 0.15) is 6.92 Å². The van der Waals surface area contributed by atoms with E-state index in [9.17, 15) is 8.78 Å². The fraction of sp³-hybridized carbons (Fsp3) is 0.300. The SMILES string of the molecule is CCNC(=S)Nc1ccc(OC(F)F)c(Cl)c1. The number of halogens is 3. The summed E-state index contributed by atoms with van der Waals surface area (Å²) in [5.74, 6) is -0.0680. The van der Waals surface area contributed by atoms with E-state index in [0.717, 1.165) is 0 Å². The molecule has 1 rings (SSSR count). The van der Waals surface area contributed by atoms with Crippen LogP contribution in [0.25, 0.3) is 0 Å². The van der Waals surface area contributed by atoms with Crippen LogP contribution in [-0.4, -0.2) is 18.3 Å². The van der Waals surface area contributed by atoms with E-state index in [1.807, 2.05) is 6.92 Å². The first-order chi connectivity index (χ1) is 8.02. The predicted molar refractivity (Wildman–Crippen MR) is 68.0 cm³/mol. The highest BCUT2D eigenvalue weighted by Crippen LogP contribution is 2.28. The van der Waals surface area contributed by atoms with E-state index >= 15 is 0 Å².